The van der Waals surface area contributed by atoms with Gasteiger partial charge in [-0.1, -0.05) is 11.3 Å². The molecule has 1 aliphatic rings. The second kappa shape index (κ2) is 8.44. The van der Waals surface area contributed by atoms with Crippen molar-refractivity contribution >= 4 is 32.8 Å². The van der Waals surface area contributed by atoms with Crippen LogP contribution < -0.4 is 15.4 Å². The summed E-state index contributed by atoms with van der Waals surface area (Å²) >= 11 is 1.29. The second-order valence-corrected chi connectivity index (χ2v) is 7.22. The summed E-state index contributed by atoms with van der Waals surface area (Å²) in [7, 11) is 0. The zero-order valence-electron chi connectivity index (χ0n) is 15.3. The van der Waals surface area contributed by atoms with Crippen LogP contribution in [-0.4, -0.2) is 51.8 Å². The molecule has 0 radical (unpaired) electrons. The van der Waals surface area contributed by atoms with Crippen LogP contribution >= 0.6 is 11.3 Å². The number of nitrogens with one attached hydrogen (secondary N) is 2. The minimum atomic E-state index is -0.298. The summed E-state index contributed by atoms with van der Waals surface area (Å²) in [5.74, 6) is 0.478. The number of nitrogens with zero attached hydrogens (tertiary/aromatic N) is 4. The van der Waals surface area contributed by atoms with E-state index in [2.05, 4.69) is 30.6 Å². The molecule has 0 aliphatic carbocycles. The van der Waals surface area contributed by atoms with E-state index >= 15 is 0 Å². The van der Waals surface area contributed by atoms with Gasteiger partial charge in [-0.2, -0.15) is 0 Å². The van der Waals surface area contributed by atoms with Crippen LogP contribution in [0.1, 0.15) is 19.8 Å². The number of hydrogen-bond acceptors (Lipinski definition) is 8. The molecule has 0 saturated carbocycles. The van der Waals surface area contributed by atoms with Gasteiger partial charge in [-0.3, -0.25) is 5.32 Å². The predicted molar refractivity (Wildman–Crippen MR) is 106 cm³/mol. The van der Waals surface area contributed by atoms with Crippen LogP contribution in [0.4, 0.5) is 9.93 Å². The third kappa shape index (κ3) is 4.18. The van der Waals surface area contributed by atoms with Crippen molar-refractivity contribution in [2.45, 2.75) is 25.9 Å². The van der Waals surface area contributed by atoms with Gasteiger partial charge in [-0.25, -0.2) is 24.7 Å². The predicted octanol–water partition coefficient (Wildman–Crippen LogP) is 2.85. The minimum Gasteiger partial charge on any atom is -0.474 e. The quantitative estimate of drug-likeness (QED) is 0.654. The molecule has 0 bridgehead atoms. The van der Waals surface area contributed by atoms with Crippen molar-refractivity contribution in [3.8, 4) is 17.0 Å². The van der Waals surface area contributed by atoms with Gasteiger partial charge in [0.25, 0.3) is 0 Å². The number of pyridine rings is 1. The Labute approximate surface area is 165 Å². The third-order valence-corrected chi connectivity index (χ3v) is 5.09. The molecule has 28 heavy (non-hydrogen) atoms. The first-order chi connectivity index (χ1) is 13.7. The monoisotopic (exact) mass is 400 g/mol. The number of rotatable bonds is 6. The molecule has 9 nitrogen and oxygen atoms in total. The number of fused-ring (bicyclic) bond motifs is 1. The number of anilines is 1. The Balaban J connectivity index is 1.66. The summed E-state index contributed by atoms with van der Waals surface area (Å²) in [5, 5.41) is 5.87. The fourth-order valence-electron chi connectivity index (χ4n) is 2.91. The van der Waals surface area contributed by atoms with Crippen LogP contribution in [0, 0.1) is 0 Å². The van der Waals surface area contributed by atoms with Gasteiger partial charge in [0.2, 0.25) is 5.88 Å². The van der Waals surface area contributed by atoms with E-state index < -0.39 is 0 Å². The van der Waals surface area contributed by atoms with Crippen molar-refractivity contribution < 1.29 is 14.3 Å². The number of ether oxygens (including phenoxy) is 2. The molecule has 0 aromatic carbocycles. The van der Waals surface area contributed by atoms with E-state index in [1.807, 2.05) is 13.0 Å². The zero-order valence-corrected chi connectivity index (χ0v) is 16.2. The maximum absolute atomic E-state index is 11.8. The second-order valence-electron chi connectivity index (χ2n) is 6.24. The molecule has 1 saturated heterocycles. The Morgan fingerprint density at radius 2 is 2.21 bits per heavy atom. The Morgan fingerprint density at radius 1 is 1.36 bits per heavy atom. The molecule has 1 aliphatic heterocycles. The average molecular weight is 400 g/mol. The summed E-state index contributed by atoms with van der Waals surface area (Å²) in [6, 6.07) is 1.58. The fourth-order valence-corrected chi connectivity index (χ4v) is 3.72. The summed E-state index contributed by atoms with van der Waals surface area (Å²) in [6.45, 7) is 3.59. The number of hydrogen-bond donors (Lipinski definition) is 2. The van der Waals surface area contributed by atoms with Gasteiger partial charge < -0.3 is 14.8 Å². The van der Waals surface area contributed by atoms with Crippen LogP contribution in [0.3, 0.4) is 0 Å². The maximum atomic E-state index is 11.8. The van der Waals surface area contributed by atoms with Gasteiger partial charge in [0.05, 0.1) is 6.10 Å². The van der Waals surface area contributed by atoms with E-state index in [1.165, 1.54) is 17.7 Å². The molecular weight excluding hydrogens is 380 g/mol. The Bertz CT molecular complexity index is 959. The number of urea groups is 1. The highest BCUT2D eigenvalue weighted by Crippen LogP contribution is 2.34. The van der Waals surface area contributed by atoms with Crippen molar-refractivity contribution in [3.05, 3.63) is 24.8 Å². The molecule has 2 amide bonds. The molecule has 2 N–H and O–H groups in total. The van der Waals surface area contributed by atoms with E-state index in [-0.39, 0.29) is 12.1 Å². The van der Waals surface area contributed by atoms with E-state index in [4.69, 9.17) is 9.47 Å². The topological polar surface area (TPSA) is 111 Å². The standard InChI is InChI=1S/C18H20N6O3S/c1-2-21-17(25)24-18-22-14-6-13(11-7-19-10-20-8-11)15(23-16(14)28-18)27-9-12-4-3-5-26-12/h6-8,10,12H,2-5,9H2,1H3,(H2,21,22,24,25)/t12-/m1/s1. The number of aromatic nitrogens is 4. The number of carbonyl (C=O) groups is 1. The van der Waals surface area contributed by atoms with E-state index in [9.17, 15) is 4.79 Å². The van der Waals surface area contributed by atoms with Gasteiger partial charge >= 0.3 is 6.03 Å². The maximum Gasteiger partial charge on any atom is 0.321 e. The van der Waals surface area contributed by atoms with Crippen molar-refractivity contribution in [3.63, 3.8) is 0 Å². The molecule has 1 fully saturated rings. The lowest BCUT2D eigenvalue weighted by Crippen LogP contribution is -2.28. The van der Waals surface area contributed by atoms with E-state index in [0.717, 1.165) is 30.6 Å². The lowest BCUT2D eigenvalue weighted by Gasteiger charge is -2.13. The van der Waals surface area contributed by atoms with Crippen molar-refractivity contribution in [1.29, 1.82) is 0 Å². The first-order valence-corrected chi connectivity index (χ1v) is 9.91. The molecule has 146 valence electrons. The van der Waals surface area contributed by atoms with E-state index in [0.29, 0.717) is 34.5 Å². The van der Waals surface area contributed by atoms with Crippen LogP contribution in [-0.2, 0) is 4.74 Å². The first kappa shape index (κ1) is 18.5. The lowest BCUT2D eigenvalue weighted by molar-refractivity contribution is 0.0667. The zero-order chi connectivity index (χ0) is 19.3. The third-order valence-electron chi connectivity index (χ3n) is 4.21. The van der Waals surface area contributed by atoms with Crippen molar-refractivity contribution in [1.82, 2.24) is 25.3 Å². The van der Waals surface area contributed by atoms with Crippen LogP contribution in [0.2, 0.25) is 0 Å². The summed E-state index contributed by atoms with van der Waals surface area (Å²) in [4.78, 5) is 29.7. The molecule has 0 spiro atoms. The SMILES string of the molecule is CCNC(=O)Nc1nc2cc(-c3cncnc3)c(OC[C@H]3CCCO3)nc2s1. The minimum absolute atomic E-state index is 0.0776. The molecular formula is C18H20N6O3S. The van der Waals surface area contributed by atoms with Gasteiger partial charge in [0.15, 0.2) is 5.13 Å². The van der Waals surface area contributed by atoms with Crippen molar-refractivity contribution in [2.75, 3.05) is 25.1 Å². The first-order valence-electron chi connectivity index (χ1n) is 9.09. The Morgan fingerprint density at radius 3 is 2.96 bits per heavy atom. The van der Waals surface area contributed by atoms with E-state index in [1.54, 1.807) is 12.4 Å². The fraction of sp³-hybridized carbons (Fsp3) is 0.389. The molecule has 1 atom stereocenters. The number of carbonyl (C=O) groups excluding carboxylic acids is 1. The summed E-state index contributed by atoms with van der Waals surface area (Å²) < 4.78 is 11.6. The van der Waals surface area contributed by atoms with Crippen LogP contribution in [0.5, 0.6) is 5.88 Å². The lowest BCUT2D eigenvalue weighted by atomic mass is 10.1. The molecule has 3 aromatic rings. The Hall–Kier alpha value is -2.85. The highest BCUT2D eigenvalue weighted by atomic mass is 32.1. The number of amides is 2. The molecule has 3 aromatic heterocycles. The molecule has 4 heterocycles. The molecule has 4 rings (SSSR count). The smallest absolute Gasteiger partial charge is 0.321 e. The highest BCUT2D eigenvalue weighted by molar-refractivity contribution is 7.22. The van der Waals surface area contributed by atoms with Crippen molar-refractivity contribution in [2.24, 2.45) is 0 Å². The largest absolute Gasteiger partial charge is 0.474 e. The van der Waals surface area contributed by atoms with Gasteiger partial charge in [-0.05, 0) is 25.8 Å². The normalized spacial score (nSPS) is 16.2. The van der Waals surface area contributed by atoms with Gasteiger partial charge in [0, 0.05) is 36.7 Å². The number of thiazole rings is 1. The molecule has 0 unspecified atom stereocenters. The highest BCUT2D eigenvalue weighted by Gasteiger charge is 2.20. The summed E-state index contributed by atoms with van der Waals surface area (Å²) in [6.07, 6.45) is 6.98. The summed E-state index contributed by atoms with van der Waals surface area (Å²) in [5.41, 5.74) is 2.20. The van der Waals surface area contributed by atoms with Gasteiger partial charge in [0.1, 0.15) is 23.3 Å². The van der Waals surface area contributed by atoms with Crippen LogP contribution in [0.15, 0.2) is 24.8 Å². The van der Waals surface area contributed by atoms with Crippen LogP contribution in [0.25, 0.3) is 21.5 Å². The average Bonchev–Trinajstić information content (AvgIpc) is 3.35. The Kier molecular flexibility index (Phi) is 5.58. The van der Waals surface area contributed by atoms with Gasteiger partial charge in [-0.15, -0.1) is 0 Å². The molecule has 10 heteroatoms.